The molecule has 0 aliphatic carbocycles. The lowest BCUT2D eigenvalue weighted by Gasteiger charge is -2.06. The molecule has 17 heavy (non-hydrogen) atoms. The summed E-state index contributed by atoms with van der Waals surface area (Å²) in [4.78, 5) is 4.51. The van der Waals surface area contributed by atoms with Gasteiger partial charge in [-0.25, -0.2) is 4.98 Å². The number of benzene rings is 1. The Kier molecular flexibility index (Phi) is 3.79. The van der Waals surface area contributed by atoms with Gasteiger partial charge in [-0.3, -0.25) is 0 Å². The van der Waals surface area contributed by atoms with Crippen LogP contribution in [-0.4, -0.2) is 11.5 Å². The van der Waals surface area contributed by atoms with Crippen molar-refractivity contribution in [2.24, 2.45) is 11.7 Å². The van der Waals surface area contributed by atoms with Gasteiger partial charge in [0.05, 0.1) is 0 Å². The lowest BCUT2D eigenvalue weighted by atomic mass is 10.0. The molecule has 2 N–H and O–H groups in total. The highest BCUT2D eigenvalue weighted by atomic mass is 16.3. The minimum absolute atomic E-state index is 0.635. The molecule has 1 atom stereocenters. The van der Waals surface area contributed by atoms with Crippen molar-refractivity contribution in [1.29, 1.82) is 0 Å². The zero-order chi connectivity index (χ0) is 12.3. The van der Waals surface area contributed by atoms with E-state index in [1.54, 1.807) is 0 Å². The van der Waals surface area contributed by atoms with Crippen LogP contribution in [0.1, 0.15) is 31.2 Å². The topological polar surface area (TPSA) is 52.0 Å². The first kappa shape index (κ1) is 12.1. The molecule has 0 radical (unpaired) electrons. The Morgan fingerprint density at radius 1 is 1.35 bits per heavy atom. The molecule has 3 nitrogen and oxygen atoms in total. The van der Waals surface area contributed by atoms with E-state index in [2.05, 4.69) is 11.9 Å². The number of rotatable bonds is 5. The molecule has 0 aliphatic heterocycles. The van der Waals surface area contributed by atoms with E-state index in [0.29, 0.717) is 5.92 Å². The summed E-state index contributed by atoms with van der Waals surface area (Å²) in [7, 11) is 0. The van der Waals surface area contributed by atoms with Crippen molar-refractivity contribution in [1.82, 2.24) is 4.98 Å². The monoisotopic (exact) mass is 232 g/mol. The quantitative estimate of drug-likeness (QED) is 0.862. The molecule has 1 aromatic heterocycles. The van der Waals surface area contributed by atoms with Gasteiger partial charge >= 0.3 is 0 Å². The molecule has 92 valence electrons. The molecule has 0 fully saturated rings. The molecule has 3 heteroatoms. The summed E-state index contributed by atoms with van der Waals surface area (Å²) in [5, 5.41) is 0. The molecule has 1 aromatic carbocycles. The standard InChI is InChI=1S/C14H20N2O/c1-10(8-9-15)6-7-13-16-12-5-3-4-11(2)14(12)17-13/h3-5,10H,6-9,15H2,1-2H3. The Morgan fingerprint density at radius 2 is 2.18 bits per heavy atom. The Balaban J connectivity index is 2.07. The molecule has 0 aliphatic rings. The van der Waals surface area contributed by atoms with Crippen molar-refractivity contribution < 1.29 is 4.42 Å². The van der Waals surface area contributed by atoms with Crippen molar-refractivity contribution in [2.75, 3.05) is 6.54 Å². The van der Waals surface area contributed by atoms with Gasteiger partial charge in [0.25, 0.3) is 0 Å². The highest BCUT2D eigenvalue weighted by Crippen LogP contribution is 2.21. The van der Waals surface area contributed by atoms with Crippen LogP contribution in [0.25, 0.3) is 11.1 Å². The second-order valence-electron chi connectivity index (χ2n) is 4.75. The number of nitrogens with two attached hydrogens (primary N) is 1. The predicted molar refractivity (Wildman–Crippen MR) is 69.9 cm³/mol. The van der Waals surface area contributed by atoms with Crippen LogP contribution in [0.3, 0.4) is 0 Å². The Morgan fingerprint density at radius 3 is 2.88 bits per heavy atom. The summed E-state index contributed by atoms with van der Waals surface area (Å²) in [6, 6.07) is 6.06. The highest BCUT2D eigenvalue weighted by Gasteiger charge is 2.09. The number of para-hydroxylation sites is 1. The summed E-state index contributed by atoms with van der Waals surface area (Å²) >= 11 is 0. The van der Waals surface area contributed by atoms with E-state index in [9.17, 15) is 0 Å². The van der Waals surface area contributed by atoms with Gasteiger partial charge in [0.15, 0.2) is 11.5 Å². The number of hydrogen-bond acceptors (Lipinski definition) is 3. The smallest absolute Gasteiger partial charge is 0.195 e. The SMILES string of the molecule is Cc1cccc2nc(CCC(C)CCN)oc12. The van der Waals surface area contributed by atoms with Gasteiger partial charge in [-0.1, -0.05) is 19.1 Å². The molecular formula is C14H20N2O. The molecule has 0 saturated carbocycles. The first-order chi connectivity index (χ1) is 8.20. The summed E-state index contributed by atoms with van der Waals surface area (Å²) in [5.41, 5.74) is 8.58. The van der Waals surface area contributed by atoms with Crippen LogP contribution >= 0.6 is 0 Å². The number of fused-ring (bicyclic) bond motifs is 1. The van der Waals surface area contributed by atoms with Gasteiger partial charge in [0.2, 0.25) is 0 Å². The van der Waals surface area contributed by atoms with E-state index in [1.165, 1.54) is 0 Å². The molecule has 0 spiro atoms. The van der Waals surface area contributed by atoms with E-state index >= 15 is 0 Å². The van der Waals surface area contributed by atoms with Gasteiger partial charge in [-0.2, -0.15) is 0 Å². The predicted octanol–water partition coefficient (Wildman–Crippen LogP) is 3.05. The summed E-state index contributed by atoms with van der Waals surface area (Å²) in [5.74, 6) is 1.48. The van der Waals surface area contributed by atoms with Gasteiger partial charge in [-0.15, -0.1) is 0 Å². The molecule has 0 saturated heterocycles. The minimum atomic E-state index is 0.635. The van der Waals surface area contributed by atoms with Crippen LogP contribution in [0, 0.1) is 12.8 Å². The minimum Gasteiger partial charge on any atom is -0.440 e. The third kappa shape index (κ3) is 2.86. The lowest BCUT2D eigenvalue weighted by Crippen LogP contribution is -2.06. The average Bonchev–Trinajstić information content (AvgIpc) is 2.71. The zero-order valence-corrected chi connectivity index (χ0v) is 10.6. The summed E-state index contributed by atoms with van der Waals surface area (Å²) in [6.07, 6.45) is 3.05. The maximum absolute atomic E-state index is 5.78. The van der Waals surface area contributed by atoms with Crippen molar-refractivity contribution in [2.45, 2.75) is 33.1 Å². The fraction of sp³-hybridized carbons (Fsp3) is 0.500. The second kappa shape index (κ2) is 5.32. The summed E-state index contributed by atoms with van der Waals surface area (Å²) < 4.78 is 5.78. The molecular weight excluding hydrogens is 212 g/mol. The van der Waals surface area contributed by atoms with Crippen molar-refractivity contribution in [3.63, 3.8) is 0 Å². The van der Waals surface area contributed by atoms with E-state index in [-0.39, 0.29) is 0 Å². The highest BCUT2D eigenvalue weighted by molar-refractivity contribution is 5.75. The molecule has 2 rings (SSSR count). The summed E-state index contributed by atoms with van der Waals surface area (Å²) in [6.45, 7) is 5.03. The van der Waals surface area contributed by atoms with Crippen LogP contribution in [0.15, 0.2) is 22.6 Å². The maximum atomic E-state index is 5.78. The third-order valence-corrected chi connectivity index (χ3v) is 3.17. The number of aromatic nitrogens is 1. The molecule has 0 amide bonds. The maximum Gasteiger partial charge on any atom is 0.195 e. The first-order valence-electron chi connectivity index (χ1n) is 6.26. The first-order valence-corrected chi connectivity index (χ1v) is 6.26. The van der Waals surface area contributed by atoms with E-state index in [0.717, 1.165) is 48.4 Å². The Labute approximate surface area is 102 Å². The van der Waals surface area contributed by atoms with Crippen molar-refractivity contribution in [3.8, 4) is 0 Å². The lowest BCUT2D eigenvalue weighted by molar-refractivity contribution is 0.450. The zero-order valence-electron chi connectivity index (χ0n) is 10.6. The van der Waals surface area contributed by atoms with Crippen LogP contribution < -0.4 is 5.73 Å². The largest absolute Gasteiger partial charge is 0.440 e. The van der Waals surface area contributed by atoms with Crippen LogP contribution in [-0.2, 0) is 6.42 Å². The van der Waals surface area contributed by atoms with Gasteiger partial charge in [0, 0.05) is 6.42 Å². The number of oxazole rings is 1. The Hall–Kier alpha value is -1.35. The normalized spacial score (nSPS) is 13.1. The fourth-order valence-electron chi connectivity index (χ4n) is 2.04. The van der Waals surface area contributed by atoms with E-state index in [1.807, 2.05) is 25.1 Å². The van der Waals surface area contributed by atoms with Crippen molar-refractivity contribution >= 4 is 11.1 Å². The molecule has 2 aromatic rings. The Bertz CT molecular complexity index is 490. The van der Waals surface area contributed by atoms with E-state index in [4.69, 9.17) is 10.2 Å². The molecule has 1 unspecified atom stereocenters. The number of nitrogens with zero attached hydrogens (tertiary/aromatic N) is 1. The number of hydrogen-bond donors (Lipinski definition) is 1. The van der Waals surface area contributed by atoms with Crippen LogP contribution in [0.2, 0.25) is 0 Å². The van der Waals surface area contributed by atoms with Gasteiger partial charge in [-0.05, 0) is 43.9 Å². The molecule has 1 heterocycles. The van der Waals surface area contributed by atoms with Gasteiger partial charge in [0.1, 0.15) is 5.52 Å². The fourth-order valence-corrected chi connectivity index (χ4v) is 2.04. The van der Waals surface area contributed by atoms with Crippen LogP contribution in [0.4, 0.5) is 0 Å². The molecule has 0 bridgehead atoms. The average molecular weight is 232 g/mol. The second-order valence-corrected chi connectivity index (χ2v) is 4.75. The third-order valence-electron chi connectivity index (χ3n) is 3.17. The van der Waals surface area contributed by atoms with Gasteiger partial charge < -0.3 is 10.2 Å². The number of aryl methyl sites for hydroxylation is 2. The van der Waals surface area contributed by atoms with E-state index < -0.39 is 0 Å². The van der Waals surface area contributed by atoms with Crippen LogP contribution in [0.5, 0.6) is 0 Å². The van der Waals surface area contributed by atoms with Crippen molar-refractivity contribution in [3.05, 3.63) is 29.7 Å².